The molecule has 3 rings (SSSR count). The fourth-order valence-electron chi connectivity index (χ4n) is 3.45. The van der Waals surface area contributed by atoms with Crippen molar-refractivity contribution in [3.05, 3.63) is 29.3 Å². The van der Waals surface area contributed by atoms with Crippen molar-refractivity contribution < 1.29 is 4.39 Å². The highest BCUT2D eigenvalue weighted by molar-refractivity contribution is 6.17. The van der Waals surface area contributed by atoms with Crippen molar-refractivity contribution >= 4 is 22.6 Å². The summed E-state index contributed by atoms with van der Waals surface area (Å²) in [5.41, 5.74) is 2.53. The smallest absolute Gasteiger partial charge is 0.128 e. The van der Waals surface area contributed by atoms with Gasteiger partial charge in [0.1, 0.15) is 11.6 Å². The second kappa shape index (κ2) is 6.35. The number of imidazole rings is 1. The van der Waals surface area contributed by atoms with E-state index in [1.807, 2.05) is 13.0 Å². The lowest BCUT2D eigenvalue weighted by Gasteiger charge is -2.20. The molecule has 114 valence electrons. The van der Waals surface area contributed by atoms with Crippen LogP contribution in [0.3, 0.4) is 0 Å². The molecule has 0 unspecified atom stereocenters. The molecule has 1 aliphatic carbocycles. The quantitative estimate of drug-likeness (QED) is 0.565. The van der Waals surface area contributed by atoms with Crippen LogP contribution in [0.25, 0.3) is 11.0 Å². The molecule has 2 aromatic rings. The monoisotopic (exact) mass is 308 g/mol. The number of halogens is 2. The van der Waals surface area contributed by atoms with Gasteiger partial charge in [0.05, 0.1) is 11.0 Å². The van der Waals surface area contributed by atoms with E-state index in [1.165, 1.54) is 38.5 Å². The fraction of sp³-hybridized carbons (Fsp3) is 0.588. The first-order valence-corrected chi connectivity index (χ1v) is 8.47. The third kappa shape index (κ3) is 2.94. The largest absolute Gasteiger partial charge is 0.325 e. The predicted octanol–water partition coefficient (Wildman–Crippen LogP) is 5.16. The molecule has 1 fully saturated rings. The Hall–Kier alpha value is -1.09. The van der Waals surface area contributed by atoms with Gasteiger partial charge in [0.25, 0.3) is 0 Å². The Morgan fingerprint density at radius 2 is 1.95 bits per heavy atom. The number of nitrogens with zero attached hydrogens (tertiary/aromatic N) is 2. The molecule has 1 aromatic carbocycles. The molecule has 0 saturated heterocycles. The van der Waals surface area contributed by atoms with Crippen molar-refractivity contribution in [1.82, 2.24) is 9.55 Å². The number of hydrogen-bond acceptors (Lipinski definition) is 1. The molecular weight excluding hydrogens is 287 g/mol. The van der Waals surface area contributed by atoms with Gasteiger partial charge >= 0.3 is 0 Å². The van der Waals surface area contributed by atoms with Gasteiger partial charge in [0.15, 0.2) is 0 Å². The van der Waals surface area contributed by atoms with E-state index in [2.05, 4.69) is 9.55 Å². The Morgan fingerprint density at radius 1 is 1.24 bits per heavy atom. The minimum atomic E-state index is -0.176. The first kappa shape index (κ1) is 14.8. The number of alkyl halides is 1. The maximum Gasteiger partial charge on any atom is 0.128 e. The minimum absolute atomic E-state index is 0.176. The molecule has 0 atom stereocenters. The molecule has 1 saturated carbocycles. The molecule has 0 amide bonds. The Balaban J connectivity index is 2.12. The Bertz CT molecular complexity index is 627. The van der Waals surface area contributed by atoms with Gasteiger partial charge in [-0.05, 0) is 31.4 Å². The number of aryl methyl sites for hydroxylation is 2. The second-order valence-corrected chi connectivity index (χ2v) is 6.45. The van der Waals surface area contributed by atoms with Gasteiger partial charge in [-0.1, -0.05) is 25.7 Å². The van der Waals surface area contributed by atoms with E-state index in [0.29, 0.717) is 17.5 Å². The lowest BCUT2D eigenvalue weighted by atomic mass is 10.1. The van der Waals surface area contributed by atoms with E-state index in [4.69, 9.17) is 11.6 Å². The number of aromatic nitrogens is 2. The summed E-state index contributed by atoms with van der Waals surface area (Å²) in [6, 6.07) is 4.00. The van der Waals surface area contributed by atoms with Crippen LogP contribution in [-0.4, -0.2) is 15.4 Å². The van der Waals surface area contributed by atoms with Gasteiger partial charge in [-0.15, -0.1) is 11.6 Å². The van der Waals surface area contributed by atoms with E-state index >= 15 is 0 Å². The summed E-state index contributed by atoms with van der Waals surface area (Å²) in [4.78, 5) is 4.65. The van der Waals surface area contributed by atoms with Crippen LogP contribution in [0.15, 0.2) is 12.1 Å². The van der Waals surface area contributed by atoms with E-state index in [-0.39, 0.29) is 5.82 Å². The highest BCUT2D eigenvalue weighted by atomic mass is 35.5. The fourth-order valence-corrected chi connectivity index (χ4v) is 3.62. The second-order valence-electron chi connectivity index (χ2n) is 6.07. The molecule has 0 radical (unpaired) electrons. The summed E-state index contributed by atoms with van der Waals surface area (Å²) in [5, 5.41) is 0. The molecular formula is C17H22ClFN2. The molecule has 0 aliphatic heterocycles. The molecule has 2 nitrogen and oxygen atoms in total. The molecule has 0 bridgehead atoms. The van der Waals surface area contributed by atoms with E-state index < -0.39 is 0 Å². The first-order valence-electron chi connectivity index (χ1n) is 7.93. The van der Waals surface area contributed by atoms with Crippen LogP contribution >= 0.6 is 11.6 Å². The number of benzene rings is 1. The van der Waals surface area contributed by atoms with Crippen LogP contribution in [-0.2, 0) is 6.42 Å². The molecule has 21 heavy (non-hydrogen) atoms. The van der Waals surface area contributed by atoms with Gasteiger partial charge in [0, 0.05) is 24.4 Å². The van der Waals surface area contributed by atoms with Crippen molar-refractivity contribution in [2.45, 2.75) is 57.9 Å². The molecule has 0 N–H and O–H groups in total. The van der Waals surface area contributed by atoms with Crippen LogP contribution in [0, 0.1) is 12.7 Å². The van der Waals surface area contributed by atoms with Crippen LogP contribution in [0.2, 0.25) is 0 Å². The van der Waals surface area contributed by atoms with Crippen molar-refractivity contribution in [2.24, 2.45) is 0 Å². The number of hydrogen-bond donors (Lipinski definition) is 0. The van der Waals surface area contributed by atoms with Gasteiger partial charge in [-0.25, -0.2) is 9.37 Å². The minimum Gasteiger partial charge on any atom is -0.325 e. The van der Waals surface area contributed by atoms with Crippen LogP contribution in [0.4, 0.5) is 4.39 Å². The summed E-state index contributed by atoms with van der Waals surface area (Å²) in [7, 11) is 0. The van der Waals surface area contributed by atoms with E-state index in [1.54, 1.807) is 6.07 Å². The zero-order valence-corrected chi connectivity index (χ0v) is 13.3. The van der Waals surface area contributed by atoms with Crippen LogP contribution in [0.5, 0.6) is 0 Å². The summed E-state index contributed by atoms with van der Waals surface area (Å²) < 4.78 is 16.2. The van der Waals surface area contributed by atoms with Gasteiger partial charge in [-0.3, -0.25) is 0 Å². The van der Waals surface area contributed by atoms with E-state index in [0.717, 1.165) is 23.3 Å². The van der Waals surface area contributed by atoms with Crippen molar-refractivity contribution in [1.29, 1.82) is 0 Å². The zero-order valence-electron chi connectivity index (χ0n) is 12.5. The highest BCUT2D eigenvalue weighted by Crippen LogP contribution is 2.32. The Morgan fingerprint density at radius 3 is 2.62 bits per heavy atom. The summed E-state index contributed by atoms with van der Waals surface area (Å²) in [6.45, 7) is 1.82. The van der Waals surface area contributed by atoms with Gasteiger partial charge in [0.2, 0.25) is 0 Å². The van der Waals surface area contributed by atoms with Crippen LogP contribution < -0.4 is 0 Å². The highest BCUT2D eigenvalue weighted by Gasteiger charge is 2.21. The SMILES string of the molecule is Cc1cc2c(cc1F)nc(CCCl)n2C1CCCCCC1. The molecule has 1 heterocycles. The zero-order chi connectivity index (χ0) is 14.8. The normalized spacial score (nSPS) is 17.3. The van der Waals surface area contributed by atoms with E-state index in [9.17, 15) is 4.39 Å². The maximum absolute atomic E-state index is 13.8. The average Bonchev–Trinajstić information content (AvgIpc) is 2.66. The van der Waals surface area contributed by atoms with Crippen molar-refractivity contribution in [3.63, 3.8) is 0 Å². The topological polar surface area (TPSA) is 17.8 Å². The summed E-state index contributed by atoms with van der Waals surface area (Å²) in [5.74, 6) is 1.39. The van der Waals surface area contributed by atoms with Gasteiger partial charge < -0.3 is 4.57 Å². The molecule has 1 aliphatic rings. The third-order valence-electron chi connectivity index (χ3n) is 4.55. The number of rotatable bonds is 3. The molecule has 0 spiro atoms. The Kier molecular flexibility index (Phi) is 4.48. The van der Waals surface area contributed by atoms with Crippen molar-refractivity contribution in [3.8, 4) is 0 Å². The third-order valence-corrected chi connectivity index (χ3v) is 4.74. The van der Waals surface area contributed by atoms with Gasteiger partial charge in [-0.2, -0.15) is 0 Å². The molecule has 1 aromatic heterocycles. The summed E-state index contributed by atoms with van der Waals surface area (Å²) >= 11 is 5.94. The summed E-state index contributed by atoms with van der Waals surface area (Å²) in [6.07, 6.45) is 8.31. The van der Waals surface area contributed by atoms with Crippen LogP contribution in [0.1, 0.15) is 56.0 Å². The first-order chi connectivity index (χ1) is 10.2. The van der Waals surface area contributed by atoms with Crippen molar-refractivity contribution in [2.75, 3.05) is 5.88 Å². The molecule has 4 heteroatoms. The lowest BCUT2D eigenvalue weighted by molar-refractivity contribution is 0.441. The number of fused-ring (bicyclic) bond motifs is 1. The average molecular weight is 309 g/mol. The Labute approximate surface area is 130 Å². The standard InChI is InChI=1S/C17H22ClFN2/c1-12-10-16-15(11-14(12)19)20-17(8-9-18)21(16)13-6-4-2-3-5-7-13/h10-11,13H,2-9H2,1H3. The lowest BCUT2D eigenvalue weighted by Crippen LogP contribution is -2.12. The maximum atomic E-state index is 13.8. The predicted molar refractivity (Wildman–Crippen MR) is 85.6 cm³/mol.